The molecule has 0 bridgehead atoms. The molecule has 0 radical (unpaired) electrons. The molecular weight excluding hydrogens is 296 g/mol. The monoisotopic (exact) mass is 322 g/mol. The van der Waals surface area contributed by atoms with Gasteiger partial charge >= 0.3 is 0 Å². The smallest absolute Gasteiger partial charge is 0.223 e. The number of carbonyl (C=O) groups is 1. The second-order valence-electron chi connectivity index (χ2n) is 5.18. The van der Waals surface area contributed by atoms with Crippen LogP contribution in [0.15, 0.2) is 0 Å². The van der Waals surface area contributed by atoms with Gasteiger partial charge < -0.3 is 14.7 Å². The van der Waals surface area contributed by atoms with Crippen LogP contribution >= 0.6 is 0 Å². The minimum absolute atomic E-state index is 0.0101. The molecule has 1 heterocycles. The van der Waals surface area contributed by atoms with E-state index in [9.17, 15) is 13.2 Å². The fourth-order valence-electron chi connectivity index (χ4n) is 2.12. The molecule has 1 fully saturated rings. The number of aliphatic hydroxyl groups excluding tert-OH is 1. The molecule has 1 amide bonds. The highest BCUT2D eigenvalue weighted by Crippen LogP contribution is 2.08. The van der Waals surface area contributed by atoms with E-state index in [1.807, 2.05) is 0 Å². The van der Waals surface area contributed by atoms with Crippen LogP contribution in [0.2, 0.25) is 0 Å². The zero-order valence-electron chi connectivity index (χ0n) is 12.7. The SMILES string of the molecule is CN(CCCCCO)C(=O)CCS(=O)(=O)N1CCOCC1. The lowest BCUT2D eigenvalue weighted by Crippen LogP contribution is -2.42. The number of morpholine rings is 1. The van der Waals surface area contributed by atoms with Crippen molar-refractivity contribution in [3.05, 3.63) is 0 Å². The van der Waals surface area contributed by atoms with Crippen molar-refractivity contribution in [2.75, 3.05) is 52.3 Å². The Hall–Kier alpha value is -0.700. The minimum atomic E-state index is -3.37. The molecule has 0 aromatic heterocycles. The van der Waals surface area contributed by atoms with E-state index in [1.54, 1.807) is 11.9 Å². The van der Waals surface area contributed by atoms with Gasteiger partial charge in [0.05, 0.1) is 19.0 Å². The number of carbonyl (C=O) groups excluding carboxylic acids is 1. The first-order valence-electron chi connectivity index (χ1n) is 7.38. The van der Waals surface area contributed by atoms with Gasteiger partial charge in [0.2, 0.25) is 15.9 Å². The summed E-state index contributed by atoms with van der Waals surface area (Å²) in [6.45, 7) is 2.32. The van der Waals surface area contributed by atoms with Crippen LogP contribution in [-0.4, -0.2) is 80.9 Å². The summed E-state index contributed by atoms with van der Waals surface area (Å²) in [4.78, 5) is 13.5. The van der Waals surface area contributed by atoms with Gasteiger partial charge in [0.15, 0.2) is 0 Å². The third-order valence-corrected chi connectivity index (χ3v) is 5.39. The number of amides is 1. The van der Waals surface area contributed by atoms with Gasteiger partial charge in [0.25, 0.3) is 0 Å². The number of hydrogen-bond donors (Lipinski definition) is 1. The van der Waals surface area contributed by atoms with Gasteiger partial charge in [-0.25, -0.2) is 8.42 Å². The molecule has 0 saturated carbocycles. The van der Waals surface area contributed by atoms with Crippen molar-refractivity contribution in [3.8, 4) is 0 Å². The number of nitrogens with zero attached hydrogens (tertiary/aromatic N) is 2. The Bertz CT molecular complexity index is 407. The average molecular weight is 322 g/mol. The largest absolute Gasteiger partial charge is 0.396 e. The Morgan fingerprint density at radius 2 is 1.90 bits per heavy atom. The summed E-state index contributed by atoms with van der Waals surface area (Å²) >= 11 is 0. The first-order chi connectivity index (χ1) is 9.97. The highest BCUT2D eigenvalue weighted by molar-refractivity contribution is 7.89. The molecule has 0 unspecified atom stereocenters. The molecule has 1 N–H and O–H groups in total. The summed E-state index contributed by atoms with van der Waals surface area (Å²) in [5, 5.41) is 8.68. The van der Waals surface area contributed by atoms with Crippen LogP contribution in [0.25, 0.3) is 0 Å². The maximum Gasteiger partial charge on any atom is 0.223 e. The summed E-state index contributed by atoms with van der Waals surface area (Å²) in [6.07, 6.45) is 2.42. The van der Waals surface area contributed by atoms with E-state index in [-0.39, 0.29) is 24.7 Å². The lowest BCUT2D eigenvalue weighted by atomic mass is 10.2. The Morgan fingerprint density at radius 1 is 1.24 bits per heavy atom. The van der Waals surface area contributed by atoms with Crippen LogP contribution in [0.3, 0.4) is 0 Å². The molecule has 1 rings (SSSR count). The van der Waals surface area contributed by atoms with Gasteiger partial charge in [-0.05, 0) is 19.3 Å². The topological polar surface area (TPSA) is 87.2 Å². The van der Waals surface area contributed by atoms with E-state index in [2.05, 4.69) is 0 Å². The minimum Gasteiger partial charge on any atom is -0.396 e. The van der Waals surface area contributed by atoms with Gasteiger partial charge in [0, 0.05) is 39.7 Å². The molecule has 0 aliphatic carbocycles. The van der Waals surface area contributed by atoms with E-state index in [4.69, 9.17) is 9.84 Å². The zero-order chi connectivity index (χ0) is 15.7. The Labute approximate surface area is 126 Å². The van der Waals surface area contributed by atoms with Crippen LogP contribution < -0.4 is 0 Å². The third kappa shape index (κ3) is 6.73. The average Bonchev–Trinajstić information content (AvgIpc) is 2.50. The maximum atomic E-state index is 12.1. The second kappa shape index (κ2) is 9.34. The molecule has 1 saturated heterocycles. The van der Waals surface area contributed by atoms with Crippen molar-refractivity contribution in [1.82, 2.24) is 9.21 Å². The molecule has 21 heavy (non-hydrogen) atoms. The van der Waals surface area contributed by atoms with E-state index in [1.165, 1.54) is 4.31 Å². The number of rotatable bonds is 9. The van der Waals surface area contributed by atoms with Crippen LogP contribution in [0.1, 0.15) is 25.7 Å². The number of unbranched alkanes of at least 4 members (excludes halogenated alkanes) is 2. The quantitative estimate of drug-likeness (QED) is 0.587. The predicted octanol–water partition coefficient (Wildman–Crippen LogP) is -0.340. The molecule has 124 valence electrons. The second-order valence-corrected chi connectivity index (χ2v) is 7.27. The van der Waals surface area contributed by atoms with Crippen molar-refractivity contribution in [2.24, 2.45) is 0 Å². The Balaban J connectivity index is 2.30. The molecule has 0 spiro atoms. The standard InChI is InChI=1S/C13H26N2O5S/c1-14(6-3-2-4-9-16)13(17)5-12-21(18,19)15-7-10-20-11-8-15/h16H,2-12H2,1H3. The summed E-state index contributed by atoms with van der Waals surface area (Å²) in [7, 11) is -1.69. The summed E-state index contributed by atoms with van der Waals surface area (Å²) in [5.41, 5.74) is 0. The number of ether oxygens (including phenoxy) is 1. The zero-order valence-corrected chi connectivity index (χ0v) is 13.5. The highest BCUT2D eigenvalue weighted by atomic mass is 32.2. The Kier molecular flexibility index (Phi) is 8.16. The number of sulfonamides is 1. The highest BCUT2D eigenvalue weighted by Gasteiger charge is 2.25. The molecule has 1 aliphatic heterocycles. The van der Waals surface area contributed by atoms with Crippen LogP contribution in [-0.2, 0) is 19.6 Å². The van der Waals surface area contributed by atoms with Crippen LogP contribution in [0, 0.1) is 0 Å². The van der Waals surface area contributed by atoms with Crippen molar-refractivity contribution >= 4 is 15.9 Å². The van der Waals surface area contributed by atoms with E-state index in [0.29, 0.717) is 32.8 Å². The van der Waals surface area contributed by atoms with Crippen LogP contribution in [0.5, 0.6) is 0 Å². The number of hydrogen-bond acceptors (Lipinski definition) is 5. The first kappa shape index (κ1) is 18.3. The van der Waals surface area contributed by atoms with Crippen molar-refractivity contribution in [2.45, 2.75) is 25.7 Å². The normalized spacial score (nSPS) is 16.9. The molecule has 0 atom stereocenters. The van der Waals surface area contributed by atoms with E-state index < -0.39 is 10.0 Å². The van der Waals surface area contributed by atoms with Crippen molar-refractivity contribution in [3.63, 3.8) is 0 Å². The van der Waals surface area contributed by atoms with Crippen molar-refractivity contribution < 1.29 is 23.1 Å². The molecule has 1 aliphatic rings. The van der Waals surface area contributed by atoms with Gasteiger partial charge in [0.1, 0.15) is 0 Å². The van der Waals surface area contributed by atoms with E-state index in [0.717, 1.165) is 19.3 Å². The third-order valence-electron chi connectivity index (χ3n) is 3.51. The predicted molar refractivity (Wildman–Crippen MR) is 79.4 cm³/mol. The number of aliphatic hydroxyl groups is 1. The lowest BCUT2D eigenvalue weighted by Gasteiger charge is -2.26. The molecule has 0 aromatic rings. The summed E-state index contributed by atoms with van der Waals surface area (Å²) in [5.74, 6) is -0.303. The van der Waals surface area contributed by atoms with E-state index >= 15 is 0 Å². The molecule has 7 nitrogen and oxygen atoms in total. The fourth-order valence-corrected chi connectivity index (χ4v) is 3.52. The van der Waals surface area contributed by atoms with Gasteiger partial charge in [-0.2, -0.15) is 4.31 Å². The molecule has 0 aromatic carbocycles. The van der Waals surface area contributed by atoms with Gasteiger partial charge in [-0.1, -0.05) is 0 Å². The summed E-state index contributed by atoms with van der Waals surface area (Å²) < 4.78 is 30.7. The molecular formula is C13H26N2O5S. The summed E-state index contributed by atoms with van der Waals surface area (Å²) in [6, 6.07) is 0. The van der Waals surface area contributed by atoms with Crippen LogP contribution in [0.4, 0.5) is 0 Å². The fraction of sp³-hybridized carbons (Fsp3) is 0.923. The molecule has 8 heteroatoms. The lowest BCUT2D eigenvalue weighted by molar-refractivity contribution is -0.129. The Morgan fingerprint density at radius 3 is 2.52 bits per heavy atom. The van der Waals surface area contributed by atoms with Gasteiger partial charge in [-0.15, -0.1) is 0 Å². The van der Waals surface area contributed by atoms with Crippen molar-refractivity contribution in [1.29, 1.82) is 0 Å². The maximum absolute atomic E-state index is 12.1. The first-order valence-corrected chi connectivity index (χ1v) is 8.98. The van der Waals surface area contributed by atoms with Gasteiger partial charge in [-0.3, -0.25) is 4.79 Å².